The number of nitrogens with zero attached hydrogens (tertiary/aromatic N) is 1. The molecule has 0 saturated carbocycles. The fourth-order valence-electron chi connectivity index (χ4n) is 1.14. The van der Waals surface area contributed by atoms with Crippen LogP contribution in [0.2, 0.25) is 0 Å². The molecule has 3 nitrogen and oxygen atoms in total. The third-order valence-corrected chi connectivity index (χ3v) is 1.95. The van der Waals surface area contributed by atoms with Gasteiger partial charge in [0.05, 0.1) is 6.54 Å². The van der Waals surface area contributed by atoms with E-state index < -0.39 is 0 Å². The van der Waals surface area contributed by atoms with Crippen LogP contribution >= 0.6 is 0 Å². The molecule has 1 aliphatic heterocycles. The third kappa shape index (κ3) is 1.48. The van der Waals surface area contributed by atoms with E-state index in [-0.39, 0.29) is 5.91 Å². The number of amides is 1. The average Bonchev–Trinajstić information content (AvgIpc) is 1.95. The lowest BCUT2D eigenvalue weighted by atomic mass is 10.2. The van der Waals surface area contributed by atoms with Crippen LogP contribution in [0.5, 0.6) is 0 Å². The van der Waals surface area contributed by atoms with Crippen molar-refractivity contribution in [2.24, 2.45) is 0 Å². The summed E-state index contributed by atoms with van der Waals surface area (Å²) in [5, 5.41) is 3.16. The number of rotatable bonds is 1. The Hall–Kier alpha value is -0.570. The Kier molecular flexibility index (Phi) is 2.27. The van der Waals surface area contributed by atoms with Crippen LogP contribution in [0.25, 0.3) is 0 Å². The van der Waals surface area contributed by atoms with Gasteiger partial charge < -0.3 is 10.2 Å². The summed E-state index contributed by atoms with van der Waals surface area (Å²) in [6.07, 6.45) is 1.09. The largest absolute Gasteiger partial charge is 0.343 e. The maximum atomic E-state index is 10.9. The molecule has 0 aliphatic carbocycles. The zero-order valence-electron chi connectivity index (χ0n) is 6.55. The van der Waals surface area contributed by atoms with Gasteiger partial charge in [-0.2, -0.15) is 0 Å². The second kappa shape index (κ2) is 3.01. The topological polar surface area (TPSA) is 32.3 Å². The smallest absolute Gasteiger partial charge is 0.236 e. The minimum absolute atomic E-state index is 0.199. The Morgan fingerprint density at radius 2 is 2.50 bits per heavy atom. The first kappa shape index (κ1) is 7.54. The van der Waals surface area contributed by atoms with E-state index in [4.69, 9.17) is 0 Å². The van der Waals surface area contributed by atoms with E-state index in [0.29, 0.717) is 12.6 Å². The standard InChI is InChI=1S/C7H14N2O/c1-3-6-5-9(2)7(10)4-8-6/h6,8H,3-5H2,1-2H3/t6-/m0/s1. The normalized spacial score (nSPS) is 27.2. The van der Waals surface area contributed by atoms with Crippen molar-refractivity contribution in [1.82, 2.24) is 10.2 Å². The van der Waals surface area contributed by atoms with Crippen molar-refractivity contribution in [2.45, 2.75) is 19.4 Å². The van der Waals surface area contributed by atoms with E-state index in [1.807, 2.05) is 7.05 Å². The van der Waals surface area contributed by atoms with Gasteiger partial charge in [0, 0.05) is 19.6 Å². The second-order valence-corrected chi connectivity index (χ2v) is 2.76. The summed E-state index contributed by atoms with van der Waals surface area (Å²) in [5.41, 5.74) is 0. The van der Waals surface area contributed by atoms with Crippen LogP contribution in [0.4, 0.5) is 0 Å². The Balaban J connectivity index is 2.40. The molecule has 1 saturated heterocycles. The molecule has 58 valence electrons. The van der Waals surface area contributed by atoms with Gasteiger partial charge in [-0.05, 0) is 6.42 Å². The molecule has 3 heteroatoms. The first-order valence-electron chi connectivity index (χ1n) is 3.71. The molecule has 1 rings (SSSR count). The lowest BCUT2D eigenvalue weighted by Crippen LogP contribution is -2.52. The molecule has 0 radical (unpaired) electrons. The number of carbonyl (C=O) groups excluding carboxylic acids is 1. The molecule has 10 heavy (non-hydrogen) atoms. The molecular formula is C7H14N2O. The molecule has 0 aromatic carbocycles. The van der Waals surface area contributed by atoms with Gasteiger partial charge in [0.15, 0.2) is 0 Å². The summed E-state index contributed by atoms with van der Waals surface area (Å²) < 4.78 is 0. The summed E-state index contributed by atoms with van der Waals surface area (Å²) in [6, 6.07) is 0.502. The number of hydrogen-bond acceptors (Lipinski definition) is 2. The van der Waals surface area contributed by atoms with Gasteiger partial charge in [-0.3, -0.25) is 4.79 Å². The molecule has 1 heterocycles. The highest BCUT2D eigenvalue weighted by atomic mass is 16.2. The molecule has 1 N–H and O–H groups in total. The number of nitrogens with one attached hydrogen (secondary N) is 1. The Labute approximate surface area is 61.4 Å². The molecule has 0 bridgehead atoms. The lowest BCUT2D eigenvalue weighted by molar-refractivity contribution is -0.131. The maximum Gasteiger partial charge on any atom is 0.236 e. The first-order chi connectivity index (χ1) is 4.74. The van der Waals surface area contributed by atoms with E-state index >= 15 is 0 Å². The van der Waals surface area contributed by atoms with Crippen molar-refractivity contribution in [2.75, 3.05) is 20.1 Å². The van der Waals surface area contributed by atoms with Crippen LogP contribution < -0.4 is 5.32 Å². The van der Waals surface area contributed by atoms with Crippen LogP contribution in [-0.4, -0.2) is 37.0 Å². The molecule has 0 aromatic rings. The lowest BCUT2D eigenvalue weighted by Gasteiger charge is -2.29. The Bertz CT molecular complexity index is 136. The highest BCUT2D eigenvalue weighted by Gasteiger charge is 2.19. The summed E-state index contributed by atoms with van der Waals surface area (Å²) in [4.78, 5) is 12.7. The van der Waals surface area contributed by atoms with Crippen molar-refractivity contribution in [3.05, 3.63) is 0 Å². The molecule has 0 aromatic heterocycles. The summed E-state index contributed by atoms with van der Waals surface area (Å²) in [5.74, 6) is 0.199. The average molecular weight is 142 g/mol. The highest BCUT2D eigenvalue weighted by Crippen LogP contribution is 1.99. The molecule has 1 amide bonds. The van der Waals surface area contributed by atoms with Crippen molar-refractivity contribution in [1.29, 1.82) is 0 Å². The van der Waals surface area contributed by atoms with Gasteiger partial charge in [-0.15, -0.1) is 0 Å². The zero-order valence-corrected chi connectivity index (χ0v) is 6.55. The van der Waals surface area contributed by atoms with Crippen LogP contribution in [0.15, 0.2) is 0 Å². The Morgan fingerprint density at radius 3 is 3.00 bits per heavy atom. The molecule has 1 atom stereocenters. The quantitative estimate of drug-likeness (QED) is 0.551. The fourth-order valence-corrected chi connectivity index (χ4v) is 1.14. The first-order valence-corrected chi connectivity index (χ1v) is 3.71. The zero-order chi connectivity index (χ0) is 7.56. The monoisotopic (exact) mass is 142 g/mol. The number of piperazine rings is 1. The third-order valence-electron chi connectivity index (χ3n) is 1.95. The van der Waals surface area contributed by atoms with Gasteiger partial charge in [0.1, 0.15) is 0 Å². The molecule has 0 spiro atoms. The fraction of sp³-hybridized carbons (Fsp3) is 0.857. The van der Waals surface area contributed by atoms with E-state index in [2.05, 4.69) is 12.2 Å². The molecular weight excluding hydrogens is 128 g/mol. The van der Waals surface area contributed by atoms with Crippen molar-refractivity contribution >= 4 is 5.91 Å². The minimum Gasteiger partial charge on any atom is -0.343 e. The van der Waals surface area contributed by atoms with Gasteiger partial charge >= 0.3 is 0 Å². The van der Waals surface area contributed by atoms with Crippen LogP contribution in [0.1, 0.15) is 13.3 Å². The van der Waals surface area contributed by atoms with E-state index in [9.17, 15) is 4.79 Å². The van der Waals surface area contributed by atoms with Gasteiger partial charge in [0.25, 0.3) is 0 Å². The van der Waals surface area contributed by atoms with Gasteiger partial charge in [0.2, 0.25) is 5.91 Å². The second-order valence-electron chi connectivity index (χ2n) is 2.76. The van der Waals surface area contributed by atoms with Crippen molar-refractivity contribution in [3.63, 3.8) is 0 Å². The number of hydrogen-bond donors (Lipinski definition) is 1. The molecule has 1 aliphatic rings. The summed E-state index contributed by atoms with van der Waals surface area (Å²) in [6.45, 7) is 3.49. The number of carbonyl (C=O) groups is 1. The van der Waals surface area contributed by atoms with Gasteiger partial charge in [-0.1, -0.05) is 6.92 Å². The predicted octanol–water partition coefficient (Wildman–Crippen LogP) is -0.173. The number of likely N-dealkylation sites (N-methyl/N-ethyl adjacent to an activating group) is 1. The van der Waals surface area contributed by atoms with Crippen LogP contribution in [0, 0.1) is 0 Å². The molecule has 1 fully saturated rings. The van der Waals surface area contributed by atoms with E-state index in [1.165, 1.54) is 0 Å². The van der Waals surface area contributed by atoms with E-state index in [0.717, 1.165) is 13.0 Å². The summed E-state index contributed by atoms with van der Waals surface area (Å²) >= 11 is 0. The van der Waals surface area contributed by atoms with Crippen LogP contribution in [-0.2, 0) is 4.79 Å². The minimum atomic E-state index is 0.199. The predicted molar refractivity (Wildman–Crippen MR) is 39.7 cm³/mol. The SMILES string of the molecule is CC[C@H]1CN(C)C(=O)CN1. The molecule has 0 unspecified atom stereocenters. The highest BCUT2D eigenvalue weighted by molar-refractivity contribution is 5.78. The van der Waals surface area contributed by atoms with Crippen molar-refractivity contribution < 1.29 is 4.79 Å². The van der Waals surface area contributed by atoms with Gasteiger partial charge in [-0.25, -0.2) is 0 Å². The van der Waals surface area contributed by atoms with Crippen molar-refractivity contribution in [3.8, 4) is 0 Å². The maximum absolute atomic E-state index is 10.9. The Morgan fingerprint density at radius 1 is 1.80 bits per heavy atom. The van der Waals surface area contributed by atoms with E-state index in [1.54, 1.807) is 4.90 Å². The van der Waals surface area contributed by atoms with Crippen LogP contribution in [0.3, 0.4) is 0 Å². The summed E-state index contributed by atoms with van der Waals surface area (Å²) in [7, 11) is 1.85.